The number of nitrogens with one attached hydrogen (secondary N) is 1. The van der Waals surface area contributed by atoms with Gasteiger partial charge < -0.3 is 5.32 Å². The zero-order valence-electron chi connectivity index (χ0n) is 16.5. The van der Waals surface area contributed by atoms with E-state index < -0.39 is 0 Å². The van der Waals surface area contributed by atoms with Crippen LogP contribution in [0.15, 0.2) is 72.8 Å². The van der Waals surface area contributed by atoms with E-state index in [9.17, 15) is 4.79 Å². The number of hydrogen-bond acceptors (Lipinski definition) is 2. The van der Waals surface area contributed by atoms with Crippen molar-refractivity contribution < 1.29 is 4.79 Å². The summed E-state index contributed by atoms with van der Waals surface area (Å²) < 4.78 is 0. The summed E-state index contributed by atoms with van der Waals surface area (Å²) in [6.45, 7) is 4.96. The summed E-state index contributed by atoms with van der Waals surface area (Å²) in [5.41, 5.74) is 2.53. The first-order valence-electron chi connectivity index (χ1n) is 10.2. The number of carbonyl (C=O) groups is 1. The molecule has 0 aliphatic carbocycles. The third-order valence-electron chi connectivity index (χ3n) is 5.89. The highest BCUT2D eigenvalue weighted by Crippen LogP contribution is 2.24. The van der Waals surface area contributed by atoms with E-state index in [-0.39, 0.29) is 17.9 Å². The van der Waals surface area contributed by atoms with Gasteiger partial charge in [0.1, 0.15) is 0 Å². The van der Waals surface area contributed by atoms with Crippen LogP contribution in [0.4, 0.5) is 0 Å². The molecular formula is C25H28N2O. The van der Waals surface area contributed by atoms with Crippen LogP contribution < -0.4 is 5.32 Å². The van der Waals surface area contributed by atoms with Gasteiger partial charge in [-0.2, -0.15) is 0 Å². The second-order valence-corrected chi connectivity index (χ2v) is 7.83. The molecule has 1 N–H and O–H groups in total. The van der Waals surface area contributed by atoms with Crippen LogP contribution in [0.25, 0.3) is 10.8 Å². The largest absolute Gasteiger partial charge is 0.349 e. The van der Waals surface area contributed by atoms with E-state index in [4.69, 9.17) is 0 Å². The molecule has 1 atom stereocenters. The van der Waals surface area contributed by atoms with Crippen LogP contribution in [0.2, 0.25) is 0 Å². The van der Waals surface area contributed by atoms with Crippen LogP contribution >= 0.6 is 0 Å². The van der Waals surface area contributed by atoms with Gasteiger partial charge in [-0.05, 0) is 54.8 Å². The molecule has 0 radical (unpaired) electrons. The van der Waals surface area contributed by atoms with Gasteiger partial charge in [0.15, 0.2) is 0 Å². The number of hydrogen-bond donors (Lipinski definition) is 1. The molecule has 0 bridgehead atoms. The highest BCUT2D eigenvalue weighted by atomic mass is 16.1. The second kappa shape index (κ2) is 8.57. The normalized spacial score (nSPS) is 16.8. The van der Waals surface area contributed by atoms with Crippen LogP contribution in [-0.2, 0) is 11.3 Å². The van der Waals surface area contributed by atoms with Crippen LogP contribution in [0.1, 0.15) is 36.9 Å². The lowest BCUT2D eigenvalue weighted by molar-refractivity contribution is -0.127. The fourth-order valence-electron chi connectivity index (χ4n) is 4.18. The maximum absolute atomic E-state index is 12.7. The lowest BCUT2D eigenvalue weighted by atomic mass is 9.94. The van der Waals surface area contributed by atoms with Gasteiger partial charge in [0, 0.05) is 12.5 Å². The highest BCUT2D eigenvalue weighted by Gasteiger charge is 2.26. The topological polar surface area (TPSA) is 32.3 Å². The lowest BCUT2D eigenvalue weighted by Crippen LogP contribution is -2.40. The molecular weight excluding hydrogens is 344 g/mol. The smallest absolute Gasteiger partial charge is 0.223 e. The van der Waals surface area contributed by atoms with E-state index in [1.54, 1.807) is 0 Å². The monoisotopic (exact) mass is 372 g/mol. The van der Waals surface area contributed by atoms with Crippen molar-refractivity contribution in [3.8, 4) is 0 Å². The summed E-state index contributed by atoms with van der Waals surface area (Å²) in [5.74, 6) is 0.316. The molecule has 0 spiro atoms. The van der Waals surface area contributed by atoms with Gasteiger partial charge in [-0.3, -0.25) is 9.69 Å². The van der Waals surface area contributed by atoms with Gasteiger partial charge >= 0.3 is 0 Å². The Morgan fingerprint density at radius 2 is 1.64 bits per heavy atom. The predicted octanol–water partition coefficient (Wildman–Crippen LogP) is 4.93. The first-order valence-corrected chi connectivity index (χ1v) is 10.2. The average Bonchev–Trinajstić information content (AvgIpc) is 2.75. The first-order chi connectivity index (χ1) is 13.7. The Balaban J connectivity index is 1.32. The number of fused-ring (bicyclic) bond motifs is 1. The number of piperidine rings is 1. The summed E-state index contributed by atoms with van der Waals surface area (Å²) in [6.07, 6.45) is 1.86. The van der Waals surface area contributed by atoms with Crippen LogP contribution in [0.5, 0.6) is 0 Å². The predicted molar refractivity (Wildman–Crippen MR) is 115 cm³/mol. The highest BCUT2D eigenvalue weighted by molar-refractivity contribution is 5.85. The van der Waals surface area contributed by atoms with Crippen LogP contribution in [0.3, 0.4) is 0 Å². The fraction of sp³-hybridized carbons (Fsp3) is 0.320. The van der Waals surface area contributed by atoms with E-state index in [0.717, 1.165) is 38.0 Å². The van der Waals surface area contributed by atoms with Gasteiger partial charge in [-0.1, -0.05) is 72.8 Å². The summed E-state index contributed by atoms with van der Waals surface area (Å²) in [4.78, 5) is 15.2. The van der Waals surface area contributed by atoms with Crippen molar-refractivity contribution in [2.45, 2.75) is 32.4 Å². The Morgan fingerprint density at radius 1 is 0.964 bits per heavy atom. The van der Waals surface area contributed by atoms with E-state index in [0.29, 0.717) is 0 Å². The molecule has 3 aromatic carbocycles. The van der Waals surface area contributed by atoms with Gasteiger partial charge in [0.25, 0.3) is 0 Å². The van der Waals surface area contributed by atoms with Crippen molar-refractivity contribution in [1.29, 1.82) is 0 Å². The number of likely N-dealkylation sites (tertiary alicyclic amines) is 1. The number of nitrogens with zero attached hydrogens (tertiary/aromatic N) is 1. The van der Waals surface area contributed by atoms with E-state index >= 15 is 0 Å². The minimum atomic E-state index is 0.0578. The molecule has 3 heteroatoms. The molecule has 1 unspecified atom stereocenters. The number of benzene rings is 3. The Kier molecular flexibility index (Phi) is 5.73. The average molecular weight is 373 g/mol. The first kappa shape index (κ1) is 18.7. The molecule has 3 aromatic rings. The van der Waals surface area contributed by atoms with Gasteiger partial charge in [0.05, 0.1) is 6.04 Å². The minimum Gasteiger partial charge on any atom is -0.349 e. The zero-order chi connectivity index (χ0) is 19.3. The standard InChI is InChI=1S/C25H28N2O/c1-19(20-8-3-2-4-9-20)26-25(28)22-14-16-27(17-15-22)18-23-12-7-11-21-10-5-6-13-24(21)23/h2-13,19,22H,14-18H2,1H3,(H,26,28). The summed E-state index contributed by atoms with van der Waals surface area (Å²) >= 11 is 0. The molecule has 28 heavy (non-hydrogen) atoms. The SMILES string of the molecule is CC(NC(=O)C1CCN(Cc2cccc3ccccc23)CC1)c1ccccc1. The molecule has 1 aliphatic rings. The fourth-order valence-corrected chi connectivity index (χ4v) is 4.18. The van der Waals surface area contributed by atoms with Gasteiger partial charge in [0.2, 0.25) is 5.91 Å². The zero-order valence-corrected chi connectivity index (χ0v) is 16.5. The molecule has 1 saturated heterocycles. The Morgan fingerprint density at radius 3 is 2.43 bits per heavy atom. The third-order valence-corrected chi connectivity index (χ3v) is 5.89. The quantitative estimate of drug-likeness (QED) is 0.689. The molecule has 0 saturated carbocycles. The summed E-state index contributed by atoms with van der Waals surface area (Å²) in [6, 6.07) is 25.3. The van der Waals surface area contributed by atoms with Crippen molar-refractivity contribution in [3.05, 3.63) is 83.9 Å². The van der Waals surface area contributed by atoms with E-state index in [1.807, 2.05) is 18.2 Å². The lowest BCUT2D eigenvalue weighted by Gasteiger charge is -2.32. The number of amides is 1. The molecule has 1 heterocycles. The Labute approximate surface area is 167 Å². The summed E-state index contributed by atoms with van der Waals surface area (Å²) in [7, 11) is 0. The molecule has 144 valence electrons. The molecule has 0 aromatic heterocycles. The number of rotatable bonds is 5. The molecule has 3 nitrogen and oxygen atoms in total. The minimum absolute atomic E-state index is 0.0578. The molecule has 4 rings (SSSR count). The molecule has 1 fully saturated rings. The Hall–Kier alpha value is -2.65. The van der Waals surface area contributed by atoms with Crippen molar-refractivity contribution in [1.82, 2.24) is 10.2 Å². The van der Waals surface area contributed by atoms with Crippen molar-refractivity contribution in [2.75, 3.05) is 13.1 Å². The molecule has 1 aliphatic heterocycles. The third kappa shape index (κ3) is 4.26. The maximum atomic E-state index is 12.7. The van der Waals surface area contributed by atoms with Crippen molar-refractivity contribution >= 4 is 16.7 Å². The van der Waals surface area contributed by atoms with Crippen LogP contribution in [-0.4, -0.2) is 23.9 Å². The van der Waals surface area contributed by atoms with Crippen molar-refractivity contribution in [2.24, 2.45) is 5.92 Å². The maximum Gasteiger partial charge on any atom is 0.223 e. The second-order valence-electron chi connectivity index (χ2n) is 7.83. The van der Waals surface area contributed by atoms with E-state index in [1.165, 1.54) is 16.3 Å². The Bertz CT molecular complexity index is 924. The van der Waals surface area contributed by atoms with Crippen molar-refractivity contribution in [3.63, 3.8) is 0 Å². The van der Waals surface area contributed by atoms with Gasteiger partial charge in [-0.25, -0.2) is 0 Å². The van der Waals surface area contributed by atoms with E-state index in [2.05, 4.69) is 71.7 Å². The summed E-state index contributed by atoms with van der Waals surface area (Å²) in [5, 5.41) is 5.83. The number of carbonyl (C=O) groups excluding carboxylic acids is 1. The van der Waals surface area contributed by atoms with Crippen LogP contribution in [0, 0.1) is 5.92 Å². The molecule has 1 amide bonds. The van der Waals surface area contributed by atoms with Gasteiger partial charge in [-0.15, -0.1) is 0 Å².